The smallest absolute Gasteiger partial charge is 0.341 e. The summed E-state index contributed by atoms with van der Waals surface area (Å²) in [5.74, 6) is -1.98. The highest BCUT2D eigenvalue weighted by Crippen LogP contribution is 2.39. The SMILES string of the molecule is CCOC(=O)c1c(NC(=O)COC(=O)c2ccc(N(C)C)c([N+](=O)[O-])c2)sc2c1CCC2. The molecule has 0 fully saturated rings. The Hall–Kier alpha value is -3.47. The number of aryl methyl sites for hydroxylation is 1. The number of rotatable bonds is 8. The van der Waals surface area contributed by atoms with Gasteiger partial charge in [0.15, 0.2) is 6.61 Å². The molecule has 11 heteroatoms. The van der Waals surface area contributed by atoms with Crippen LogP contribution in [0.4, 0.5) is 16.4 Å². The van der Waals surface area contributed by atoms with Gasteiger partial charge in [-0.2, -0.15) is 0 Å². The van der Waals surface area contributed by atoms with Gasteiger partial charge in [0.25, 0.3) is 11.6 Å². The number of nitrogens with one attached hydrogen (secondary N) is 1. The molecular formula is C21H23N3O7S. The minimum Gasteiger partial charge on any atom is -0.462 e. The van der Waals surface area contributed by atoms with Crippen molar-refractivity contribution >= 4 is 45.6 Å². The zero-order valence-electron chi connectivity index (χ0n) is 17.9. The van der Waals surface area contributed by atoms with E-state index >= 15 is 0 Å². The number of nitro groups is 1. The van der Waals surface area contributed by atoms with E-state index in [1.807, 2.05) is 0 Å². The van der Waals surface area contributed by atoms with E-state index in [1.165, 1.54) is 23.5 Å². The van der Waals surface area contributed by atoms with Crippen molar-refractivity contribution in [1.82, 2.24) is 0 Å². The molecule has 0 spiro atoms. The number of esters is 2. The third-order valence-electron chi connectivity index (χ3n) is 4.88. The van der Waals surface area contributed by atoms with E-state index in [9.17, 15) is 24.5 Å². The molecule has 2 aromatic rings. The molecule has 1 N–H and O–H groups in total. The summed E-state index contributed by atoms with van der Waals surface area (Å²) in [5.41, 5.74) is 1.30. The maximum atomic E-state index is 12.4. The van der Waals surface area contributed by atoms with Gasteiger partial charge in [-0.1, -0.05) is 0 Å². The number of fused-ring (bicyclic) bond motifs is 1. The first-order valence-corrected chi connectivity index (χ1v) is 10.8. The topological polar surface area (TPSA) is 128 Å². The number of hydrogen-bond donors (Lipinski definition) is 1. The van der Waals surface area contributed by atoms with Crippen LogP contribution < -0.4 is 10.2 Å². The Morgan fingerprint density at radius 3 is 2.59 bits per heavy atom. The highest BCUT2D eigenvalue weighted by atomic mass is 32.1. The molecule has 0 saturated heterocycles. The largest absolute Gasteiger partial charge is 0.462 e. The van der Waals surface area contributed by atoms with Gasteiger partial charge in [-0.05, 0) is 43.9 Å². The fraction of sp³-hybridized carbons (Fsp3) is 0.381. The number of carbonyl (C=O) groups excluding carboxylic acids is 3. The second kappa shape index (κ2) is 9.77. The molecule has 170 valence electrons. The summed E-state index contributed by atoms with van der Waals surface area (Å²) in [4.78, 5) is 50.4. The number of benzene rings is 1. The fourth-order valence-electron chi connectivity index (χ4n) is 3.46. The molecule has 1 aliphatic carbocycles. The maximum Gasteiger partial charge on any atom is 0.341 e. The summed E-state index contributed by atoms with van der Waals surface area (Å²) in [6, 6.07) is 3.94. The Bertz CT molecular complexity index is 1080. The Balaban J connectivity index is 1.68. The first-order valence-electron chi connectivity index (χ1n) is 9.97. The van der Waals surface area contributed by atoms with Gasteiger partial charge in [0.1, 0.15) is 10.7 Å². The van der Waals surface area contributed by atoms with Crippen molar-refractivity contribution in [3.05, 3.63) is 49.9 Å². The van der Waals surface area contributed by atoms with Crippen molar-refractivity contribution in [2.24, 2.45) is 0 Å². The quantitative estimate of drug-likeness (QED) is 0.361. The molecule has 3 rings (SSSR count). The molecule has 10 nitrogen and oxygen atoms in total. The van der Waals surface area contributed by atoms with Crippen LogP contribution in [0.1, 0.15) is 44.5 Å². The Labute approximate surface area is 188 Å². The first kappa shape index (κ1) is 23.2. The average molecular weight is 461 g/mol. The van der Waals surface area contributed by atoms with Gasteiger partial charge in [-0.15, -0.1) is 11.3 Å². The van der Waals surface area contributed by atoms with Crippen LogP contribution in [0.3, 0.4) is 0 Å². The zero-order valence-corrected chi connectivity index (χ0v) is 18.7. The van der Waals surface area contributed by atoms with Crippen molar-refractivity contribution < 1.29 is 28.8 Å². The van der Waals surface area contributed by atoms with Gasteiger partial charge in [0, 0.05) is 25.0 Å². The van der Waals surface area contributed by atoms with Crippen molar-refractivity contribution in [3.8, 4) is 0 Å². The Morgan fingerprint density at radius 2 is 1.94 bits per heavy atom. The first-order chi connectivity index (χ1) is 15.2. The predicted molar refractivity (Wildman–Crippen MR) is 119 cm³/mol. The number of anilines is 2. The fourth-order valence-corrected chi connectivity index (χ4v) is 4.76. The molecule has 1 aromatic carbocycles. The molecule has 1 aliphatic rings. The molecule has 0 aliphatic heterocycles. The van der Waals surface area contributed by atoms with Crippen LogP contribution in [-0.2, 0) is 27.1 Å². The molecule has 1 aromatic heterocycles. The second-order valence-electron chi connectivity index (χ2n) is 7.26. The van der Waals surface area contributed by atoms with E-state index in [0.29, 0.717) is 16.3 Å². The van der Waals surface area contributed by atoms with Crippen molar-refractivity contribution in [2.75, 3.05) is 37.5 Å². The van der Waals surface area contributed by atoms with Crippen LogP contribution in [0, 0.1) is 10.1 Å². The number of hydrogen-bond acceptors (Lipinski definition) is 9. The van der Waals surface area contributed by atoms with E-state index in [0.717, 1.165) is 35.8 Å². The summed E-state index contributed by atoms with van der Waals surface area (Å²) < 4.78 is 10.1. The van der Waals surface area contributed by atoms with E-state index in [-0.39, 0.29) is 17.9 Å². The van der Waals surface area contributed by atoms with E-state index < -0.39 is 29.4 Å². The molecule has 0 atom stereocenters. The normalized spacial score (nSPS) is 12.1. The highest BCUT2D eigenvalue weighted by molar-refractivity contribution is 7.17. The molecule has 1 heterocycles. The van der Waals surface area contributed by atoms with Crippen molar-refractivity contribution in [3.63, 3.8) is 0 Å². The van der Waals surface area contributed by atoms with Crippen LogP contribution in [0.2, 0.25) is 0 Å². The lowest BCUT2D eigenvalue weighted by atomic mass is 10.1. The van der Waals surface area contributed by atoms with E-state index in [1.54, 1.807) is 25.9 Å². The molecule has 1 amide bonds. The minimum atomic E-state index is -0.868. The Morgan fingerprint density at radius 1 is 1.19 bits per heavy atom. The number of amides is 1. The standard InChI is InChI=1S/C21H23N3O7S/c1-4-30-21(27)18-13-6-5-7-16(13)32-19(18)22-17(25)11-31-20(26)12-8-9-14(23(2)3)15(10-12)24(28)29/h8-10H,4-7,11H2,1-3H3,(H,22,25). The van der Waals surface area contributed by atoms with E-state index in [4.69, 9.17) is 9.47 Å². The molecule has 0 saturated carbocycles. The molecule has 0 bridgehead atoms. The third-order valence-corrected chi connectivity index (χ3v) is 6.09. The van der Waals surface area contributed by atoms with Crippen LogP contribution in [-0.4, -0.2) is 50.1 Å². The molecule has 32 heavy (non-hydrogen) atoms. The van der Waals surface area contributed by atoms with Gasteiger partial charge in [0.2, 0.25) is 0 Å². The summed E-state index contributed by atoms with van der Waals surface area (Å²) in [5, 5.41) is 14.3. The van der Waals surface area contributed by atoms with Crippen LogP contribution in [0.15, 0.2) is 18.2 Å². The highest BCUT2D eigenvalue weighted by Gasteiger charge is 2.28. The number of nitro benzene ring substituents is 1. The minimum absolute atomic E-state index is 0.0441. The van der Waals surface area contributed by atoms with Crippen LogP contribution in [0.25, 0.3) is 0 Å². The number of carbonyl (C=O) groups is 3. The third kappa shape index (κ3) is 4.88. The predicted octanol–water partition coefficient (Wildman–Crippen LogP) is 3.18. The molecule has 0 radical (unpaired) electrons. The summed E-state index contributed by atoms with van der Waals surface area (Å²) in [6.07, 6.45) is 2.52. The van der Waals surface area contributed by atoms with Gasteiger partial charge in [-0.3, -0.25) is 14.9 Å². The van der Waals surface area contributed by atoms with Crippen molar-refractivity contribution in [2.45, 2.75) is 26.2 Å². The zero-order chi connectivity index (χ0) is 23.4. The van der Waals surface area contributed by atoms with Crippen LogP contribution >= 0.6 is 11.3 Å². The molecule has 0 unspecified atom stereocenters. The number of ether oxygens (including phenoxy) is 2. The molecular weight excluding hydrogens is 438 g/mol. The number of thiophene rings is 1. The van der Waals surface area contributed by atoms with Gasteiger partial charge >= 0.3 is 11.9 Å². The van der Waals surface area contributed by atoms with Crippen molar-refractivity contribution in [1.29, 1.82) is 0 Å². The lowest BCUT2D eigenvalue weighted by Gasteiger charge is -2.13. The Kier molecular flexibility index (Phi) is 7.08. The summed E-state index contributed by atoms with van der Waals surface area (Å²) in [7, 11) is 3.30. The number of nitrogens with zero attached hydrogens (tertiary/aromatic N) is 2. The van der Waals surface area contributed by atoms with Crippen LogP contribution in [0.5, 0.6) is 0 Å². The monoisotopic (exact) mass is 461 g/mol. The van der Waals surface area contributed by atoms with E-state index in [2.05, 4.69) is 5.32 Å². The lowest BCUT2D eigenvalue weighted by Crippen LogP contribution is -2.22. The lowest BCUT2D eigenvalue weighted by molar-refractivity contribution is -0.384. The van der Waals surface area contributed by atoms with Gasteiger partial charge in [0.05, 0.1) is 22.7 Å². The second-order valence-corrected chi connectivity index (χ2v) is 8.37. The van der Waals surface area contributed by atoms with Gasteiger partial charge in [-0.25, -0.2) is 9.59 Å². The van der Waals surface area contributed by atoms with Gasteiger partial charge < -0.3 is 19.7 Å². The summed E-state index contributed by atoms with van der Waals surface area (Å²) >= 11 is 1.32. The average Bonchev–Trinajstić information content (AvgIpc) is 3.32. The maximum absolute atomic E-state index is 12.4. The summed E-state index contributed by atoms with van der Waals surface area (Å²) in [6.45, 7) is 1.32.